The Hall–Kier alpha value is -1.91. The number of hydrogen-bond donors (Lipinski definition) is 2. The van der Waals surface area contributed by atoms with Gasteiger partial charge in [0, 0.05) is 16.7 Å². The third kappa shape index (κ3) is 2.92. The van der Waals surface area contributed by atoms with Gasteiger partial charge in [0.15, 0.2) is 11.6 Å². The van der Waals surface area contributed by atoms with Crippen LogP contribution in [0.2, 0.25) is 0 Å². The molecular weight excluding hydrogens is 351 g/mol. The maximum atomic E-state index is 12.4. The summed E-state index contributed by atoms with van der Waals surface area (Å²) in [7, 11) is -5.04. The van der Waals surface area contributed by atoms with E-state index in [0.29, 0.717) is 6.07 Å². The van der Waals surface area contributed by atoms with Gasteiger partial charge in [-0.05, 0) is 11.8 Å². The van der Waals surface area contributed by atoms with Gasteiger partial charge < -0.3 is 14.4 Å². The van der Waals surface area contributed by atoms with E-state index in [-0.39, 0.29) is 46.2 Å². The van der Waals surface area contributed by atoms with E-state index in [9.17, 15) is 28.2 Å². The first-order valence-electron chi connectivity index (χ1n) is 6.13. The van der Waals surface area contributed by atoms with E-state index in [1.165, 1.54) is 24.3 Å². The predicted molar refractivity (Wildman–Crippen MR) is 73.0 cm³/mol. The molecule has 1 aliphatic rings. The average Bonchev–Trinajstić information content (AvgIpc) is 2.48. The zero-order valence-corrected chi connectivity index (χ0v) is 15.0. The molecule has 0 bridgehead atoms. The molecule has 118 valence electrons. The number of phenols is 1. The molecule has 0 unspecified atom stereocenters. The van der Waals surface area contributed by atoms with Crippen molar-refractivity contribution in [2.75, 3.05) is 0 Å². The van der Waals surface area contributed by atoms with Crippen molar-refractivity contribution >= 4 is 22.0 Å². The van der Waals surface area contributed by atoms with Gasteiger partial charge in [-0.15, -0.1) is 0 Å². The summed E-state index contributed by atoms with van der Waals surface area (Å²) in [6.07, 6.45) is 0. The molecule has 0 heterocycles. The van der Waals surface area contributed by atoms with Crippen LogP contribution in [0.3, 0.4) is 0 Å². The van der Waals surface area contributed by atoms with Gasteiger partial charge in [0.05, 0.1) is 5.56 Å². The number of fused-ring (bicyclic) bond motifs is 2. The second-order valence-corrected chi connectivity index (χ2v) is 5.71. The smallest absolute Gasteiger partial charge is 0.867 e. The first kappa shape index (κ1) is 18.4. The zero-order chi connectivity index (χ0) is 16.9. The number of carbonyl (C=O) groups is 2. The second kappa shape index (κ2) is 6.19. The summed E-state index contributed by atoms with van der Waals surface area (Å²) >= 11 is 0. The molecule has 8 nitrogen and oxygen atoms in total. The van der Waals surface area contributed by atoms with Gasteiger partial charge in [0.25, 0.3) is 0 Å². The van der Waals surface area contributed by atoms with Crippen molar-refractivity contribution in [3.63, 3.8) is 0 Å². The van der Waals surface area contributed by atoms with E-state index in [4.69, 9.17) is 4.55 Å². The SMILES string of the molecule is O=C1c2ccccc2C(=O)c2c1cc(OS(=O)(=O)O)c([O-])c2O.[Na+]. The first-order chi connectivity index (χ1) is 10.7. The summed E-state index contributed by atoms with van der Waals surface area (Å²) < 4.78 is 34.2. The second-order valence-electron chi connectivity index (χ2n) is 4.69. The molecule has 3 rings (SSSR count). The zero-order valence-electron chi connectivity index (χ0n) is 12.1. The fourth-order valence-corrected chi connectivity index (χ4v) is 2.72. The Bertz CT molecular complexity index is 981. The molecule has 2 aromatic carbocycles. The van der Waals surface area contributed by atoms with Crippen molar-refractivity contribution in [1.82, 2.24) is 0 Å². The topological polar surface area (TPSA) is 141 Å². The van der Waals surface area contributed by atoms with Gasteiger partial charge >= 0.3 is 40.0 Å². The van der Waals surface area contributed by atoms with Crippen LogP contribution in [0.4, 0.5) is 0 Å². The van der Waals surface area contributed by atoms with Gasteiger partial charge in [-0.1, -0.05) is 24.3 Å². The minimum atomic E-state index is -5.04. The number of hydrogen-bond acceptors (Lipinski definition) is 7. The standard InChI is InChI=1S/C14H8O8S.Na/c15-11-6-3-1-2-4-7(6)12(16)10-8(11)5-9(13(17)14(10)18)22-23(19,20)21;/h1-5,17-18H,(H,19,20,21);/q;+1/p-1. The molecule has 2 N–H and O–H groups in total. The summed E-state index contributed by atoms with van der Waals surface area (Å²) in [6.45, 7) is 0. The number of phenolic OH excluding ortho intramolecular Hbond substituents is 1. The number of carbonyl (C=O) groups excluding carboxylic acids is 2. The maximum Gasteiger partial charge on any atom is 1.00 e. The molecule has 1 aliphatic carbocycles. The van der Waals surface area contributed by atoms with E-state index in [1.54, 1.807) is 0 Å². The Kier molecular flexibility index (Phi) is 4.75. The van der Waals surface area contributed by atoms with Crippen LogP contribution in [0.25, 0.3) is 0 Å². The molecule has 2 aromatic rings. The van der Waals surface area contributed by atoms with E-state index >= 15 is 0 Å². The Morgan fingerprint density at radius 3 is 2.08 bits per heavy atom. The van der Waals surface area contributed by atoms with Crippen LogP contribution in [0, 0.1) is 0 Å². The van der Waals surface area contributed by atoms with Crippen LogP contribution in [-0.2, 0) is 10.4 Å². The molecular formula is C14H7NaO8S. The molecule has 0 amide bonds. The van der Waals surface area contributed by atoms with Gasteiger partial charge in [0.2, 0.25) is 0 Å². The number of benzene rings is 2. The van der Waals surface area contributed by atoms with Crippen molar-refractivity contribution in [1.29, 1.82) is 0 Å². The molecule has 24 heavy (non-hydrogen) atoms. The van der Waals surface area contributed by atoms with E-state index in [2.05, 4.69) is 4.18 Å². The molecule has 0 atom stereocenters. The number of rotatable bonds is 2. The van der Waals surface area contributed by atoms with Crippen molar-refractivity contribution in [3.8, 4) is 17.2 Å². The minimum absolute atomic E-state index is 0. The summed E-state index contributed by atoms with van der Waals surface area (Å²) in [4.78, 5) is 24.8. The van der Waals surface area contributed by atoms with Crippen molar-refractivity contribution in [2.24, 2.45) is 0 Å². The van der Waals surface area contributed by atoms with Crippen molar-refractivity contribution < 1.29 is 66.5 Å². The molecule has 0 saturated carbocycles. The van der Waals surface area contributed by atoms with Gasteiger partial charge in [-0.2, -0.15) is 8.42 Å². The number of ketones is 2. The van der Waals surface area contributed by atoms with E-state index < -0.39 is 44.8 Å². The molecule has 0 aromatic heterocycles. The monoisotopic (exact) mass is 358 g/mol. The van der Waals surface area contributed by atoms with Crippen molar-refractivity contribution in [3.05, 3.63) is 52.6 Å². The van der Waals surface area contributed by atoms with Gasteiger partial charge in [0.1, 0.15) is 11.5 Å². The van der Waals surface area contributed by atoms with Crippen LogP contribution in [0.15, 0.2) is 30.3 Å². The van der Waals surface area contributed by atoms with Crippen LogP contribution >= 0.6 is 0 Å². The van der Waals surface area contributed by atoms with Crippen LogP contribution in [-0.4, -0.2) is 29.6 Å². The van der Waals surface area contributed by atoms with Crippen LogP contribution < -0.4 is 38.8 Å². The molecule has 10 heteroatoms. The molecule has 0 aliphatic heterocycles. The normalized spacial score (nSPS) is 12.9. The maximum absolute atomic E-state index is 12.4. The molecule has 0 spiro atoms. The molecule has 0 fully saturated rings. The minimum Gasteiger partial charge on any atom is -0.867 e. The quantitative estimate of drug-likeness (QED) is 0.376. The third-order valence-corrected chi connectivity index (χ3v) is 3.69. The molecule has 0 saturated heterocycles. The summed E-state index contributed by atoms with van der Waals surface area (Å²) in [5.41, 5.74) is -0.852. The van der Waals surface area contributed by atoms with E-state index in [0.717, 1.165) is 0 Å². The molecule has 0 radical (unpaired) electrons. The predicted octanol–water partition coefficient (Wildman–Crippen LogP) is -2.57. The first-order valence-corrected chi connectivity index (χ1v) is 7.49. The Labute approximate surface area is 157 Å². The number of aromatic hydroxyl groups is 1. The van der Waals surface area contributed by atoms with Gasteiger partial charge in [-0.3, -0.25) is 14.1 Å². The Morgan fingerprint density at radius 2 is 1.54 bits per heavy atom. The largest absolute Gasteiger partial charge is 1.00 e. The fraction of sp³-hybridized carbons (Fsp3) is 0. The third-order valence-electron chi connectivity index (χ3n) is 3.30. The summed E-state index contributed by atoms with van der Waals surface area (Å²) in [6, 6.07) is 6.49. The van der Waals surface area contributed by atoms with Crippen LogP contribution in [0.1, 0.15) is 31.8 Å². The van der Waals surface area contributed by atoms with Crippen LogP contribution in [0.5, 0.6) is 17.2 Å². The van der Waals surface area contributed by atoms with Crippen molar-refractivity contribution in [2.45, 2.75) is 0 Å². The average molecular weight is 358 g/mol. The Balaban J connectivity index is 0.00000208. The van der Waals surface area contributed by atoms with Gasteiger partial charge in [-0.25, -0.2) is 0 Å². The fourth-order valence-electron chi connectivity index (χ4n) is 2.37. The summed E-state index contributed by atoms with van der Waals surface area (Å²) in [5.74, 6) is -4.87. The Morgan fingerprint density at radius 1 is 1.00 bits per heavy atom. The van der Waals surface area contributed by atoms with E-state index in [1.807, 2.05) is 0 Å². The summed E-state index contributed by atoms with van der Waals surface area (Å²) in [5, 5.41) is 21.8.